The lowest BCUT2D eigenvalue weighted by molar-refractivity contribution is -0.149. The zero-order chi connectivity index (χ0) is 24.6. The Morgan fingerprint density at radius 2 is 1.77 bits per heavy atom. The summed E-state index contributed by atoms with van der Waals surface area (Å²) in [5.41, 5.74) is 3.84. The van der Waals surface area contributed by atoms with E-state index in [1.807, 2.05) is 31.2 Å². The molecule has 7 heteroatoms. The molecule has 2 aromatic carbocycles. The van der Waals surface area contributed by atoms with Crippen LogP contribution in [0.25, 0.3) is 11.1 Å². The Morgan fingerprint density at radius 3 is 2.37 bits per heavy atom. The van der Waals surface area contributed by atoms with Gasteiger partial charge in [-0.2, -0.15) is 0 Å². The molecule has 0 radical (unpaired) electrons. The fourth-order valence-electron chi connectivity index (χ4n) is 6.27. The molecule has 184 valence electrons. The average Bonchev–Trinajstić information content (AvgIpc) is 3.52. The average molecular weight is 477 g/mol. The van der Waals surface area contributed by atoms with Crippen molar-refractivity contribution in [3.8, 4) is 11.1 Å². The molecule has 1 aliphatic heterocycles. The number of alkyl carbamates (subject to hydrolysis) is 1. The van der Waals surface area contributed by atoms with Crippen molar-refractivity contribution in [2.75, 3.05) is 19.7 Å². The molecule has 1 saturated heterocycles. The molecule has 3 aliphatic rings. The summed E-state index contributed by atoms with van der Waals surface area (Å²) in [7, 11) is 0. The second-order valence-electron chi connectivity index (χ2n) is 10.1. The topological polar surface area (TPSA) is 95.9 Å². The number of carboxylic acid groups (broad SMARTS) is 1. The first-order valence-corrected chi connectivity index (χ1v) is 12.6. The number of carbonyl (C=O) groups excluding carboxylic acids is 2. The van der Waals surface area contributed by atoms with Crippen molar-refractivity contribution in [1.82, 2.24) is 10.2 Å². The number of likely N-dealkylation sites (tertiary alicyclic amines) is 1. The van der Waals surface area contributed by atoms with Gasteiger partial charge in [-0.15, -0.1) is 0 Å². The Balaban J connectivity index is 1.17. The number of nitrogens with zero attached hydrogens (tertiary/aromatic N) is 1. The molecule has 3 atom stereocenters. The quantitative estimate of drug-likeness (QED) is 0.617. The van der Waals surface area contributed by atoms with Gasteiger partial charge >= 0.3 is 12.1 Å². The van der Waals surface area contributed by atoms with Crippen molar-refractivity contribution in [1.29, 1.82) is 0 Å². The molecule has 2 fully saturated rings. The summed E-state index contributed by atoms with van der Waals surface area (Å²) in [5, 5.41) is 12.6. The molecule has 0 bridgehead atoms. The van der Waals surface area contributed by atoms with Crippen molar-refractivity contribution in [2.24, 2.45) is 11.3 Å². The molecule has 2 aliphatic carbocycles. The highest BCUT2D eigenvalue weighted by Gasteiger charge is 2.55. The van der Waals surface area contributed by atoms with Crippen LogP contribution in [0.1, 0.15) is 56.1 Å². The van der Waals surface area contributed by atoms with Gasteiger partial charge in [-0.25, -0.2) is 4.79 Å². The number of hydrogen-bond acceptors (Lipinski definition) is 4. The highest BCUT2D eigenvalue weighted by atomic mass is 16.5. The fourth-order valence-corrected chi connectivity index (χ4v) is 6.27. The maximum atomic E-state index is 13.0. The van der Waals surface area contributed by atoms with Crippen molar-refractivity contribution < 1.29 is 24.2 Å². The number of carboxylic acids is 1. The molecular weight excluding hydrogens is 444 g/mol. The van der Waals surface area contributed by atoms with Gasteiger partial charge < -0.3 is 20.1 Å². The standard InChI is InChI=1S/C28H32N2O5/c1-2-19(14-25(31)30-15-18-8-7-13-28(18,17-30)26(32)33)29-27(34)35-16-24-22-11-5-3-9-20(22)21-10-4-6-12-23(21)24/h3-6,9-12,18-19,24H,2,7-8,13-17H2,1H3,(H,29,34)(H,32,33)/t18-,19-,28-/m1/s1. The van der Waals surface area contributed by atoms with E-state index >= 15 is 0 Å². The van der Waals surface area contributed by atoms with Crippen LogP contribution >= 0.6 is 0 Å². The number of carbonyl (C=O) groups is 3. The van der Waals surface area contributed by atoms with Gasteiger partial charge in [-0.3, -0.25) is 9.59 Å². The number of nitrogens with one attached hydrogen (secondary N) is 1. The number of rotatable bonds is 7. The van der Waals surface area contributed by atoms with E-state index in [9.17, 15) is 19.5 Å². The second-order valence-corrected chi connectivity index (χ2v) is 10.1. The van der Waals surface area contributed by atoms with Gasteiger partial charge in [-0.05, 0) is 47.4 Å². The second kappa shape index (κ2) is 9.36. The maximum absolute atomic E-state index is 13.0. The molecule has 1 saturated carbocycles. The highest BCUT2D eigenvalue weighted by Crippen LogP contribution is 2.49. The smallest absolute Gasteiger partial charge is 0.407 e. The third kappa shape index (κ3) is 4.17. The molecule has 0 aromatic heterocycles. The van der Waals surface area contributed by atoms with Gasteiger partial charge in [0.05, 0.1) is 5.41 Å². The monoisotopic (exact) mass is 476 g/mol. The predicted molar refractivity (Wildman–Crippen MR) is 131 cm³/mol. The summed E-state index contributed by atoms with van der Waals surface area (Å²) < 4.78 is 5.63. The third-order valence-corrected chi connectivity index (χ3v) is 8.23. The molecule has 0 spiro atoms. The number of fused-ring (bicyclic) bond motifs is 4. The third-order valence-electron chi connectivity index (χ3n) is 8.23. The highest BCUT2D eigenvalue weighted by molar-refractivity contribution is 5.82. The minimum absolute atomic E-state index is 0.0222. The van der Waals surface area contributed by atoms with Gasteiger partial charge in [0.1, 0.15) is 6.61 Å². The number of hydrogen-bond donors (Lipinski definition) is 2. The van der Waals surface area contributed by atoms with E-state index in [1.54, 1.807) is 4.90 Å². The zero-order valence-corrected chi connectivity index (χ0v) is 20.0. The lowest BCUT2D eigenvalue weighted by Gasteiger charge is -2.24. The summed E-state index contributed by atoms with van der Waals surface area (Å²) in [6.07, 6.45) is 2.57. The van der Waals surface area contributed by atoms with E-state index < -0.39 is 17.5 Å². The largest absolute Gasteiger partial charge is 0.481 e. The maximum Gasteiger partial charge on any atom is 0.407 e. The molecule has 2 N–H and O–H groups in total. The van der Waals surface area contributed by atoms with Crippen LogP contribution in [0.3, 0.4) is 0 Å². The predicted octanol–water partition coefficient (Wildman–Crippen LogP) is 4.41. The van der Waals surface area contributed by atoms with Crippen LogP contribution in [0, 0.1) is 11.3 Å². The molecule has 35 heavy (non-hydrogen) atoms. The number of ether oxygens (including phenoxy) is 1. The Kier molecular flexibility index (Phi) is 6.26. The Morgan fingerprint density at radius 1 is 1.11 bits per heavy atom. The van der Waals surface area contributed by atoms with Crippen molar-refractivity contribution in [2.45, 2.75) is 51.0 Å². The first-order chi connectivity index (χ1) is 16.9. The lowest BCUT2D eigenvalue weighted by Crippen LogP contribution is -2.41. The van der Waals surface area contributed by atoms with E-state index in [1.165, 1.54) is 11.1 Å². The van der Waals surface area contributed by atoms with Crippen LogP contribution in [0.2, 0.25) is 0 Å². The van der Waals surface area contributed by atoms with Gasteiger partial charge in [0.25, 0.3) is 0 Å². The number of benzene rings is 2. The zero-order valence-electron chi connectivity index (χ0n) is 20.0. The van der Waals surface area contributed by atoms with E-state index in [2.05, 4.69) is 29.6 Å². The first-order valence-electron chi connectivity index (χ1n) is 12.6. The first kappa shape index (κ1) is 23.4. The van der Waals surface area contributed by atoms with Crippen LogP contribution in [0.4, 0.5) is 4.79 Å². The Hall–Kier alpha value is -3.35. The van der Waals surface area contributed by atoms with Crippen molar-refractivity contribution >= 4 is 18.0 Å². The van der Waals surface area contributed by atoms with Crippen LogP contribution in [0.15, 0.2) is 48.5 Å². The lowest BCUT2D eigenvalue weighted by atomic mass is 9.81. The fraction of sp³-hybridized carbons (Fsp3) is 0.464. The van der Waals surface area contributed by atoms with E-state index in [4.69, 9.17) is 4.74 Å². The number of aliphatic carboxylic acids is 1. The molecule has 5 rings (SSSR count). The van der Waals surface area contributed by atoms with E-state index in [0.717, 1.165) is 24.0 Å². The summed E-state index contributed by atoms with van der Waals surface area (Å²) in [6.45, 7) is 2.90. The van der Waals surface area contributed by atoms with Crippen molar-refractivity contribution in [3.05, 3.63) is 59.7 Å². The van der Waals surface area contributed by atoms with Crippen LogP contribution in [-0.2, 0) is 14.3 Å². The van der Waals surface area contributed by atoms with Crippen LogP contribution < -0.4 is 5.32 Å². The van der Waals surface area contributed by atoms with Gasteiger partial charge in [0.2, 0.25) is 5.91 Å². The summed E-state index contributed by atoms with van der Waals surface area (Å²) >= 11 is 0. The molecular formula is C28H32N2O5. The molecule has 2 amide bonds. The molecule has 7 nitrogen and oxygen atoms in total. The summed E-state index contributed by atoms with van der Waals surface area (Å²) in [5.74, 6) is -0.893. The minimum atomic E-state index is -0.794. The molecule has 2 aromatic rings. The van der Waals surface area contributed by atoms with Crippen LogP contribution in [-0.4, -0.2) is 53.7 Å². The van der Waals surface area contributed by atoms with Gasteiger partial charge in [0, 0.05) is 31.5 Å². The van der Waals surface area contributed by atoms with Gasteiger partial charge in [-0.1, -0.05) is 61.9 Å². The van der Waals surface area contributed by atoms with E-state index in [0.29, 0.717) is 19.4 Å². The number of amides is 2. The van der Waals surface area contributed by atoms with Crippen LogP contribution in [0.5, 0.6) is 0 Å². The SMILES string of the molecule is CC[C@H](CC(=O)N1C[C@H]2CCC[C@@]2(C(=O)O)C1)NC(=O)OCC1c2ccccc2-c2ccccc21. The van der Waals surface area contributed by atoms with Gasteiger partial charge in [0.15, 0.2) is 0 Å². The van der Waals surface area contributed by atoms with E-state index in [-0.39, 0.29) is 43.4 Å². The van der Waals surface area contributed by atoms with Crippen molar-refractivity contribution in [3.63, 3.8) is 0 Å². The molecule has 1 heterocycles. The normalized spacial score (nSPS) is 23.3. The summed E-state index contributed by atoms with van der Waals surface area (Å²) in [6, 6.07) is 16.0. The Labute approximate surface area is 205 Å². The summed E-state index contributed by atoms with van der Waals surface area (Å²) in [4.78, 5) is 39.2. The molecule has 0 unspecified atom stereocenters. The minimum Gasteiger partial charge on any atom is -0.481 e. The Bertz CT molecular complexity index is 1100.